The lowest BCUT2D eigenvalue weighted by molar-refractivity contribution is -0.184. The molecule has 0 aromatic carbocycles. The number of aryl methyl sites for hydroxylation is 1. The highest BCUT2D eigenvalue weighted by Gasteiger charge is 2.43. The van der Waals surface area contributed by atoms with E-state index in [9.17, 15) is 18.0 Å². The van der Waals surface area contributed by atoms with Gasteiger partial charge in [-0.3, -0.25) is 14.7 Å². The average molecular weight is 471 g/mol. The predicted octanol–water partition coefficient (Wildman–Crippen LogP) is 1.86. The SMILES string of the molecule is Cl.Cl.O=C(CCc1nc(-c2ccncc2)no1)NCC(N1CCNCC1)C(F)(F)F. The molecule has 3 heterocycles. The molecule has 30 heavy (non-hydrogen) atoms. The summed E-state index contributed by atoms with van der Waals surface area (Å²) in [6.07, 6.45) is -1.11. The Kier molecular flexibility index (Phi) is 10.5. The molecular formula is C17H23Cl2F3N6O2. The van der Waals surface area contributed by atoms with Crippen LogP contribution in [0.5, 0.6) is 0 Å². The molecule has 0 aliphatic carbocycles. The highest BCUT2D eigenvalue weighted by atomic mass is 35.5. The normalized spacial score (nSPS) is 15.6. The Morgan fingerprint density at radius 2 is 1.90 bits per heavy atom. The van der Waals surface area contributed by atoms with Crippen LogP contribution >= 0.6 is 24.8 Å². The number of amides is 1. The van der Waals surface area contributed by atoms with Crippen molar-refractivity contribution in [2.45, 2.75) is 25.1 Å². The van der Waals surface area contributed by atoms with E-state index in [0.29, 0.717) is 32.0 Å². The van der Waals surface area contributed by atoms with Crippen molar-refractivity contribution in [1.82, 2.24) is 30.7 Å². The number of rotatable bonds is 7. The zero-order chi connectivity index (χ0) is 20.0. The molecule has 1 aliphatic rings. The molecule has 1 aliphatic heterocycles. The molecule has 1 atom stereocenters. The van der Waals surface area contributed by atoms with Gasteiger partial charge < -0.3 is 15.2 Å². The van der Waals surface area contributed by atoms with E-state index in [0.717, 1.165) is 5.56 Å². The van der Waals surface area contributed by atoms with E-state index in [4.69, 9.17) is 4.52 Å². The fourth-order valence-electron chi connectivity index (χ4n) is 2.94. The summed E-state index contributed by atoms with van der Waals surface area (Å²) < 4.78 is 45.0. The number of pyridine rings is 1. The Labute approximate surface area is 183 Å². The minimum absolute atomic E-state index is 0. The minimum atomic E-state index is -4.41. The fourth-order valence-corrected chi connectivity index (χ4v) is 2.94. The molecule has 1 unspecified atom stereocenters. The lowest BCUT2D eigenvalue weighted by Crippen LogP contribution is -2.57. The molecule has 0 radical (unpaired) electrons. The highest BCUT2D eigenvalue weighted by Crippen LogP contribution is 2.24. The molecule has 1 amide bonds. The number of nitrogens with one attached hydrogen (secondary N) is 2. The summed E-state index contributed by atoms with van der Waals surface area (Å²) in [7, 11) is 0. The Hall–Kier alpha value is -1.95. The molecule has 1 fully saturated rings. The molecule has 8 nitrogen and oxygen atoms in total. The zero-order valence-corrected chi connectivity index (χ0v) is 17.5. The third-order valence-corrected chi connectivity index (χ3v) is 4.44. The van der Waals surface area contributed by atoms with Crippen LogP contribution in [0.3, 0.4) is 0 Å². The number of carbonyl (C=O) groups is 1. The zero-order valence-electron chi connectivity index (χ0n) is 15.9. The second-order valence-electron chi connectivity index (χ2n) is 6.40. The van der Waals surface area contributed by atoms with Gasteiger partial charge >= 0.3 is 6.18 Å². The van der Waals surface area contributed by atoms with Crippen molar-refractivity contribution in [2.75, 3.05) is 32.7 Å². The average Bonchev–Trinajstić information content (AvgIpc) is 3.16. The lowest BCUT2D eigenvalue weighted by atomic mass is 10.2. The van der Waals surface area contributed by atoms with Crippen LogP contribution in [0.25, 0.3) is 11.4 Å². The number of carbonyl (C=O) groups excluding carboxylic acids is 1. The summed E-state index contributed by atoms with van der Waals surface area (Å²) >= 11 is 0. The van der Waals surface area contributed by atoms with Crippen LogP contribution in [0.4, 0.5) is 13.2 Å². The smallest absolute Gasteiger partial charge is 0.354 e. The van der Waals surface area contributed by atoms with Crippen LogP contribution in [0, 0.1) is 0 Å². The molecule has 1 saturated heterocycles. The van der Waals surface area contributed by atoms with Crippen LogP contribution in [-0.2, 0) is 11.2 Å². The van der Waals surface area contributed by atoms with Gasteiger partial charge in [0.2, 0.25) is 17.6 Å². The van der Waals surface area contributed by atoms with E-state index in [1.807, 2.05) is 0 Å². The van der Waals surface area contributed by atoms with Gasteiger partial charge in [-0.25, -0.2) is 0 Å². The summed E-state index contributed by atoms with van der Waals surface area (Å²) in [5.74, 6) is 0.123. The second kappa shape index (κ2) is 12.0. The van der Waals surface area contributed by atoms with Gasteiger partial charge in [-0.15, -0.1) is 24.8 Å². The number of piperazine rings is 1. The van der Waals surface area contributed by atoms with Gasteiger partial charge in [-0.1, -0.05) is 5.16 Å². The van der Waals surface area contributed by atoms with E-state index in [2.05, 4.69) is 25.8 Å². The molecule has 3 rings (SSSR count). The standard InChI is InChI=1S/C17H21F3N6O2.2ClH/c18-17(19,20)13(26-9-7-22-8-10-26)11-23-14(27)1-2-15-24-16(25-28-15)12-3-5-21-6-4-12;;/h3-6,13,22H,1-2,7-11H2,(H,23,27);2*1H. The maximum absolute atomic E-state index is 13.3. The topological polar surface area (TPSA) is 96.2 Å². The van der Waals surface area contributed by atoms with Crippen molar-refractivity contribution in [2.24, 2.45) is 0 Å². The Balaban J connectivity index is 0.00000225. The first-order valence-electron chi connectivity index (χ1n) is 8.94. The number of hydrogen-bond donors (Lipinski definition) is 2. The maximum atomic E-state index is 13.3. The molecule has 0 bridgehead atoms. The van der Waals surface area contributed by atoms with Crippen molar-refractivity contribution >= 4 is 30.7 Å². The molecule has 2 aromatic heterocycles. The van der Waals surface area contributed by atoms with Gasteiger partial charge in [-0.2, -0.15) is 18.2 Å². The molecule has 0 spiro atoms. The lowest BCUT2D eigenvalue weighted by Gasteiger charge is -2.35. The van der Waals surface area contributed by atoms with E-state index < -0.39 is 24.7 Å². The highest BCUT2D eigenvalue weighted by molar-refractivity contribution is 5.85. The van der Waals surface area contributed by atoms with Gasteiger partial charge in [0.25, 0.3) is 0 Å². The summed E-state index contributed by atoms with van der Waals surface area (Å²) in [5.41, 5.74) is 0.721. The molecule has 0 saturated carbocycles. The summed E-state index contributed by atoms with van der Waals surface area (Å²) in [4.78, 5) is 21.4. The Morgan fingerprint density at radius 1 is 1.23 bits per heavy atom. The molecule has 2 aromatic rings. The first kappa shape index (κ1) is 26.1. The largest absolute Gasteiger partial charge is 0.405 e. The molecule has 13 heteroatoms. The third kappa shape index (κ3) is 7.38. The number of hydrogen-bond acceptors (Lipinski definition) is 7. The van der Waals surface area contributed by atoms with E-state index in [1.165, 1.54) is 4.90 Å². The van der Waals surface area contributed by atoms with Crippen molar-refractivity contribution in [3.05, 3.63) is 30.4 Å². The Morgan fingerprint density at radius 3 is 2.53 bits per heavy atom. The number of aromatic nitrogens is 3. The van der Waals surface area contributed by atoms with Gasteiger partial charge in [0.1, 0.15) is 6.04 Å². The van der Waals surface area contributed by atoms with Gasteiger partial charge in [0, 0.05) is 63.5 Å². The van der Waals surface area contributed by atoms with Crippen LogP contribution < -0.4 is 10.6 Å². The van der Waals surface area contributed by atoms with E-state index in [-0.39, 0.29) is 43.5 Å². The molecular weight excluding hydrogens is 448 g/mol. The first-order valence-corrected chi connectivity index (χ1v) is 8.94. The summed E-state index contributed by atoms with van der Waals surface area (Å²) in [6.45, 7) is 1.10. The van der Waals surface area contributed by atoms with Crippen molar-refractivity contribution < 1.29 is 22.5 Å². The van der Waals surface area contributed by atoms with E-state index >= 15 is 0 Å². The van der Waals surface area contributed by atoms with Gasteiger partial charge in [0.05, 0.1) is 0 Å². The second-order valence-corrected chi connectivity index (χ2v) is 6.40. The molecule has 168 valence electrons. The number of alkyl halides is 3. The monoisotopic (exact) mass is 470 g/mol. The minimum Gasteiger partial charge on any atom is -0.354 e. The van der Waals surface area contributed by atoms with Crippen LogP contribution in [0.15, 0.2) is 29.0 Å². The van der Waals surface area contributed by atoms with Crippen molar-refractivity contribution in [1.29, 1.82) is 0 Å². The van der Waals surface area contributed by atoms with E-state index in [1.54, 1.807) is 24.5 Å². The van der Waals surface area contributed by atoms with Crippen LogP contribution in [0.2, 0.25) is 0 Å². The van der Waals surface area contributed by atoms with Gasteiger partial charge in [0.15, 0.2) is 0 Å². The Bertz CT molecular complexity index is 772. The fraction of sp³-hybridized carbons (Fsp3) is 0.529. The van der Waals surface area contributed by atoms with Crippen molar-refractivity contribution in [3.8, 4) is 11.4 Å². The van der Waals surface area contributed by atoms with Crippen molar-refractivity contribution in [3.63, 3.8) is 0 Å². The maximum Gasteiger partial charge on any atom is 0.405 e. The predicted molar refractivity (Wildman–Crippen MR) is 108 cm³/mol. The molecule has 2 N–H and O–H groups in total. The number of halogens is 5. The van der Waals surface area contributed by atoms with Crippen LogP contribution in [-0.4, -0.2) is 70.9 Å². The summed E-state index contributed by atoms with van der Waals surface area (Å²) in [5, 5.41) is 9.22. The van der Waals surface area contributed by atoms with Crippen LogP contribution in [0.1, 0.15) is 12.3 Å². The summed E-state index contributed by atoms with van der Waals surface area (Å²) in [6, 6.07) is 1.74. The first-order chi connectivity index (χ1) is 13.4. The quantitative estimate of drug-likeness (QED) is 0.637. The van der Waals surface area contributed by atoms with Gasteiger partial charge in [-0.05, 0) is 12.1 Å². The third-order valence-electron chi connectivity index (χ3n) is 4.44. The number of nitrogens with zero attached hydrogens (tertiary/aromatic N) is 4.